The molecule has 3 nitrogen and oxygen atoms in total. The third-order valence-corrected chi connectivity index (χ3v) is 3.09. The summed E-state index contributed by atoms with van der Waals surface area (Å²) < 4.78 is 38.3. The van der Waals surface area contributed by atoms with E-state index in [-0.39, 0.29) is 5.75 Å². The minimum atomic E-state index is -5.00. The highest BCUT2D eigenvalue weighted by Crippen LogP contribution is 2.32. The fourth-order valence-corrected chi connectivity index (χ4v) is 2.25. The van der Waals surface area contributed by atoms with E-state index in [1.165, 1.54) is 6.07 Å². The quantitative estimate of drug-likeness (QED) is 0.800. The first kappa shape index (κ1) is 11.3. The molecule has 84 valence electrons. The van der Waals surface area contributed by atoms with E-state index < -0.39 is 10.5 Å². The Balaban J connectivity index is 2.68. The van der Waals surface area contributed by atoms with Crippen LogP contribution in [0.15, 0.2) is 40.9 Å². The molecule has 2 aromatic rings. The molecule has 0 atom stereocenters. The van der Waals surface area contributed by atoms with Crippen LogP contribution in [0.4, 0.5) is 3.89 Å². The molecule has 0 spiro atoms. The van der Waals surface area contributed by atoms with Gasteiger partial charge in [0.25, 0.3) is 0 Å². The van der Waals surface area contributed by atoms with Crippen molar-refractivity contribution in [1.82, 2.24) is 0 Å². The summed E-state index contributed by atoms with van der Waals surface area (Å²) in [5.74, 6) is -0.0266. The molecule has 0 radical (unpaired) electrons. The summed E-state index contributed by atoms with van der Waals surface area (Å²) in [6.45, 7) is 0. The molecule has 0 aliphatic heterocycles. The largest absolute Gasteiger partial charge is 0.488 e. The standard InChI is InChI=1S/C10H6BrFO3S/c11-9-5-6-10(15-16(12,13)14)8-4-2-1-3-7(8)9/h1-6H. The molecule has 0 bridgehead atoms. The molecule has 0 amide bonds. The summed E-state index contributed by atoms with van der Waals surface area (Å²) in [4.78, 5) is 0. The molecule has 6 heteroatoms. The van der Waals surface area contributed by atoms with Crippen molar-refractivity contribution in [1.29, 1.82) is 0 Å². The van der Waals surface area contributed by atoms with Gasteiger partial charge < -0.3 is 4.18 Å². The maximum Gasteiger partial charge on any atom is 0.488 e. The molecule has 2 rings (SSSR count). The Kier molecular flexibility index (Phi) is 2.86. The van der Waals surface area contributed by atoms with Crippen molar-refractivity contribution >= 4 is 37.2 Å². The van der Waals surface area contributed by atoms with E-state index in [9.17, 15) is 12.3 Å². The lowest BCUT2D eigenvalue weighted by Gasteiger charge is -2.06. The first-order chi connectivity index (χ1) is 7.47. The van der Waals surface area contributed by atoms with Crippen LogP contribution in [-0.4, -0.2) is 8.42 Å². The van der Waals surface area contributed by atoms with Gasteiger partial charge in [0.1, 0.15) is 0 Å². The van der Waals surface area contributed by atoms with Crippen LogP contribution in [0, 0.1) is 0 Å². The van der Waals surface area contributed by atoms with Gasteiger partial charge in [-0.05, 0) is 17.5 Å². The Labute approximate surface area is 100 Å². The summed E-state index contributed by atoms with van der Waals surface area (Å²) in [5, 5.41) is 1.28. The molecular weight excluding hydrogens is 299 g/mol. The van der Waals surface area contributed by atoms with Crippen LogP contribution in [0.25, 0.3) is 10.8 Å². The lowest BCUT2D eigenvalue weighted by atomic mass is 10.1. The molecule has 0 fully saturated rings. The van der Waals surface area contributed by atoms with Gasteiger partial charge in [0.2, 0.25) is 0 Å². The lowest BCUT2D eigenvalue weighted by Crippen LogP contribution is -2.01. The fraction of sp³-hybridized carbons (Fsp3) is 0. The summed E-state index contributed by atoms with van der Waals surface area (Å²) in [6, 6.07) is 9.93. The number of rotatable bonds is 2. The zero-order valence-electron chi connectivity index (χ0n) is 7.85. The molecule has 0 aliphatic carbocycles. The van der Waals surface area contributed by atoms with E-state index in [4.69, 9.17) is 0 Å². The maximum absolute atomic E-state index is 12.4. The Hall–Kier alpha value is -1.14. The van der Waals surface area contributed by atoms with Gasteiger partial charge in [-0.15, -0.1) is 0 Å². The Morgan fingerprint density at radius 3 is 2.31 bits per heavy atom. The summed E-state index contributed by atoms with van der Waals surface area (Å²) >= 11 is 3.31. The zero-order valence-corrected chi connectivity index (χ0v) is 10.3. The van der Waals surface area contributed by atoms with Crippen LogP contribution < -0.4 is 4.18 Å². The van der Waals surface area contributed by atoms with Crippen molar-refractivity contribution in [3.63, 3.8) is 0 Å². The van der Waals surface area contributed by atoms with Crippen LogP contribution in [0.2, 0.25) is 0 Å². The summed E-state index contributed by atoms with van der Waals surface area (Å²) in [7, 11) is -5.00. The van der Waals surface area contributed by atoms with Crippen LogP contribution in [0.5, 0.6) is 5.75 Å². The molecule has 0 aromatic heterocycles. The topological polar surface area (TPSA) is 43.4 Å². The third-order valence-electron chi connectivity index (χ3n) is 2.02. The van der Waals surface area contributed by atoms with Crippen LogP contribution in [0.3, 0.4) is 0 Å². The lowest BCUT2D eigenvalue weighted by molar-refractivity contribution is 0.442. The first-order valence-electron chi connectivity index (χ1n) is 4.29. The number of fused-ring (bicyclic) bond motifs is 1. The first-order valence-corrected chi connectivity index (χ1v) is 6.39. The van der Waals surface area contributed by atoms with E-state index in [1.807, 2.05) is 0 Å². The van der Waals surface area contributed by atoms with E-state index >= 15 is 0 Å². The van der Waals surface area contributed by atoms with E-state index in [2.05, 4.69) is 20.1 Å². The van der Waals surface area contributed by atoms with Crippen LogP contribution in [-0.2, 0) is 10.5 Å². The van der Waals surface area contributed by atoms with E-state index in [0.717, 1.165) is 9.86 Å². The Bertz CT molecular complexity index is 640. The van der Waals surface area contributed by atoms with Gasteiger partial charge >= 0.3 is 10.5 Å². The molecule has 0 N–H and O–H groups in total. The van der Waals surface area contributed by atoms with Crippen molar-refractivity contribution < 1.29 is 16.5 Å². The van der Waals surface area contributed by atoms with Crippen LogP contribution in [0.1, 0.15) is 0 Å². The average Bonchev–Trinajstić information content (AvgIpc) is 2.21. The van der Waals surface area contributed by atoms with E-state index in [1.54, 1.807) is 30.3 Å². The van der Waals surface area contributed by atoms with Crippen molar-refractivity contribution in [3.8, 4) is 5.75 Å². The molecule has 0 aliphatic rings. The second-order valence-corrected chi connectivity index (χ2v) is 4.87. The van der Waals surface area contributed by atoms with E-state index in [0.29, 0.717) is 5.39 Å². The number of hydrogen-bond acceptors (Lipinski definition) is 3. The molecule has 0 heterocycles. The van der Waals surface area contributed by atoms with Gasteiger partial charge in [0.15, 0.2) is 5.75 Å². The normalized spacial score (nSPS) is 11.6. The van der Waals surface area contributed by atoms with Crippen molar-refractivity contribution in [2.75, 3.05) is 0 Å². The van der Waals surface area contributed by atoms with Gasteiger partial charge in [-0.1, -0.05) is 44.1 Å². The average molecular weight is 305 g/mol. The molecule has 0 unspecified atom stereocenters. The van der Waals surface area contributed by atoms with Gasteiger partial charge in [0, 0.05) is 9.86 Å². The predicted octanol–water partition coefficient (Wildman–Crippen LogP) is 3.20. The predicted molar refractivity (Wildman–Crippen MR) is 62.3 cm³/mol. The number of hydrogen-bond donors (Lipinski definition) is 0. The highest BCUT2D eigenvalue weighted by molar-refractivity contribution is 9.10. The van der Waals surface area contributed by atoms with Crippen molar-refractivity contribution in [3.05, 3.63) is 40.9 Å². The maximum atomic E-state index is 12.4. The SMILES string of the molecule is O=S(=O)(F)Oc1ccc(Br)c2ccccc12. The molecule has 2 aromatic carbocycles. The molecule has 0 saturated heterocycles. The van der Waals surface area contributed by atoms with Crippen LogP contribution >= 0.6 is 15.9 Å². The molecule has 16 heavy (non-hydrogen) atoms. The highest BCUT2D eigenvalue weighted by Gasteiger charge is 2.13. The summed E-state index contributed by atoms with van der Waals surface area (Å²) in [6.07, 6.45) is 0. The second kappa shape index (κ2) is 4.03. The van der Waals surface area contributed by atoms with Gasteiger partial charge in [0.05, 0.1) is 0 Å². The van der Waals surface area contributed by atoms with Gasteiger partial charge in [-0.3, -0.25) is 0 Å². The highest BCUT2D eigenvalue weighted by atomic mass is 79.9. The van der Waals surface area contributed by atoms with Gasteiger partial charge in [-0.25, -0.2) is 0 Å². The minimum Gasteiger partial charge on any atom is -0.358 e. The van der Waals surface area contributed by atoms with Crippen molar-refractivity contribution in [2.45, 2.75) is 0 Å². The fourth-order valence-electron chi connectivity index (χ4n) is 1.41. The third kappa shape index (κ3) is 2.33. The number of halogens is 2. The van der Waals surface area contributed by atoms with Crippen molar-refractivity contribution in [2.24, 2.45) is 0 Å². The Morgan fingerprint density at radius 2 is 1.69 bits per heavy atom. The number of benzene rings is 2. The zero-order chi connectivity index (χ0) is 11.8. The Morgan fingerprint density at radius 1 is 1.06 bits per heavy atom. The molecular formula is C10H6BrFO3S. The minimum absolute atomic E-state index is 0.0266. The van der Waals surface area contributed by atoms with Gasteiger partial charge in [-0.2, -0.15) is 8.42 Å². The summed E-state index contributed by atoms with van der Waals surface area (Å²) in [5.41, 5.74) is 0. The second-order valence-electron chi connectivity index (χ2n) is 3.07. The molecule has 0 saturated carbocycles. The smallest absolute Gasteiger partial charge is 0.358 e. The monoisotopic (exact) mass is 304 g/mol.